The molecule has 0 radical (unpaired) electrons. The minimum Gasteiger partial charge on any atom is -0.383 e. The maximum absolute atomic E-state index is 11.9. The molecule has 1 atom stereocenters. The lowest BCUT2D eigenvalue weighted by Crippen LogP contribution is -2.47. The molecule has 8 heteroatoms. The van der Waals surface area contributed by atoms with E-state index in [4.69, 9.17) is 16.3 Å². The first-order valence-corrected chi connectivity index (χ1v) is 7.75. The molecule has 1 unspecified atom stereocenters. The lowest BCUT2D eigenvalue weighted by atomic mass is 10.2. The quantitative estimate of drug-likeness (QED) is 0.757. The molecule has 23 heavy (non-hydrogen) atoms. The van der Waals surface area contributed by atoms with Gasteiger partial charge in [0.15, 0.2) is 0 Å². The summed E-state index contributed by atoms with van der Waals surface area (Å²) in [6.07, 6.45) is 0. The highest BCUT2D eigenvalue weighted by Gasteiger charge is 2.19. The number of amides is 3. The maximum Gasteiger partial charge on any atom is 0.319 e. The summed E-state index contributed by atoms with van der Waals surface area (Å²) in [4.78, 5) is 25.2. The largest absolute Gasteiger partial charge is 0.383 e. The second-order valence-electron chi connectivity index (χ2n) is 5.39. The maximum atomic E-state index is 11.9. The first kappa shape index (κ1) is 17.4. The highest BCUT2D eigenvalue weighted by atomic mass is 35.5. The van der Waals surface area contributed by atoms with Gasteiger partial charge in [-0.3, -0.25) is 4.79 Å². The number of nitrogens with one attached hydrogen (secondary N) is 3. The summed E-state index contributed by atoms with van der Waals surface area (Å²) in [6, 6.07) is 4.81. The van der Waals surface area contributed by atoms with Crippen molar-refractivity contribution in [3.8, 4) is 0 Å². The fraction of sp³-hybridized carbons (Fsp3) is 0.467. The molecule has 3 amide bonds. The Morgan fingerprint density at radius 3 is 2.96 bits per heavy atom. The van der Waals surface area contributed by atoms with Gasteiger partial charge in [-0.25, -0.2) is 4.79 Å². The van der Waals surface area contributed by atoms with Crippen molar-refractivity contribution in [1.82, 2.24) is 10.6 Å². The number of hydrogen-bond donors (Lipinski definition) is 3. The molecule has 1 saturated heterocycles. The van der Waals surface area contributed by atoms with Crippen molar-refractivity contribution in [1.29, 1.82) is 0 Å². The lowest BCUT2D eigenvalue weighted by Gasteiger charge is -2.29. The van der Waals surface area contributed by atoms with Crippen LogP contribution in [0.2, 0.25) is 5.02 Å². The fourth-order valence-electron chi connectivity index (χ4n) is 2.37. The summed E-state index contributed by atoms with van der Waals surface area (Å²) in [5, 5.41) is 8.73. The van der Waals surface area contributed by atoms with E-state index in [2.05, 4.69) is 16.0 Å². The molecule has 1 aliphatic rings. The second-order valence-corrected chi connectivity index (χ2v) is 5.80. The van der Waals surface area contributed by atoms with Crippen LogP contribution in [0.15, 0.2) is 18.2 Å². The van der Waals surface area contributed by atoms with E-state index >= 15 is 0 Å². The Bertz CT molecular complexity index is 582. The van der Waals surface area contributed by atoms with Gasteiger partial charge in [0.1, 0.15) is 0 Å². The summed E-state index contributed by atoms with van der Waals surface area (Å²) < 4.78 is 4.96. The number of methoxy groups -OCH3 is 1. The summed E-state index contributed by atoms with van der Waals surface area (Å²) in [6.45, 7) is 3.86. The molecule has 0 bridgehead atoms. The van der Waals surface area contributed by atoms with Gasteiger partial charge in [-0.15, -0.1) is 0 Å². The van der Waals surface area contributed by atoms with Crippen molar-refractivity contribution in [2.45, 2.75) is 13.0 Å². The Balaban J connectivity index is 1.98. The Hall–Kier alpha value is -1.99. The Labute approximate surface area is 140 Å². The van der Waals surface area contributed by atoms with Gasteiger partial charge in [-0.1, -0.05) is 11.6 Å². The van der Waals surface area contributed by atoms with Gasteiger partial charge in [-0.2, -0.15) is 0 Å². The molecule has 126 valence electrons. The molecule has 1 fully saturated rings. The predicted octanol–water partition coefficient (Wildman–Crippen LogP) is 1.43. The normalized spacial score (nSPS) is 15.8. The summed E-state index contributed by atoms with van der Waals surface area (Å²) >= 11 is 6.28. The van der Waals surface area contributed by atoms with Gasteiger partial charge in [0.2, 0.25) is 5.91 Å². The Morgan fingerprint density at radius 1 is 1.52 bits per heavy atom. The summed E-state index contributed by atoms with van der Waals surface area (Å²) in [5.41, 5.74) is 1.36. The van der Waals surface area contributed by atoms with Gasteiger partial charge in [-0.05, 0) is 25.1 Å². The number of piperazine rings is 1. The van der Waals surface area contributed by atoms with Crippen LogP contribution in [0, 0.1) is 0 Å². The zero-order valence-corrected chi connectivity index (χ0v) is 13.9. The van der Waals surface area contributed by atoms with Gasteiger partial charge < -0.3 is 25.6 Å². The molecular weight excluding hydrogens is 320 g/mol. The number of halogens is 1. The van der Waals surface area contributed by atoms with E-state index in [1.165, 1.54) is 0 Å². The number of hydrogen-bond acceptors (Lipinski definition) is 4. The smallest absolute Gasteiger partial charge is 0.319 e. The zero-order valence-electron chi connectivity index (χ0n) is 13.2. The number of anilines is 2. The third-order valence-corrected chi connectivity index (χ3v) is 3.68. The van der Waals surface area contributed by atoms with Crippen LogP contribution in [0.4, 0.5) is 16.2 Å². The number of nitrogens with zero attached hydrogens (tertiary/aromatic N) is 1. The first-order valence-electron chi connectivity index (χ1n) is 7.37. The van der Waals surface area contributed by atoms with Gasteiger partial charge in [0.05, 0.1) is 29.9 Å². The van der Waals surface area contributed by atoms with E-state index in [-0.39, 0.29) is 24.5 Å². The van der Waals surface area contributed by atoms with Crippen molar-refractivity contribution in [3.63, 3.8) is 0 Å². The van der Waals surface area contributed by atoms with Crippen molar-refractivity contribution in [2.24, 2.45) is 0 Å². The molecule has 1 aromatic carbocycles. The van der Waals surface area contributed by atoms with Crippen LogP contribution < -0.4 is 20.9 Å². The predicted molar refractivity (Wildman–Crippen MR) is 90.2 cm³/mol. The zero-order chi connectivity index (χ0) is 16.8. The average molecular weight is 341 g/mol. The van der Waals surface area contributed by atoms with Crippen LogP contribution in [0.3, 0.4) is 0 Å². The third-order valence-electron chi connectivity index (χ3n) is 3.38. The van der Waals surface area contributed by atoms with E-state index in [1.54, 1.807) is 25.3 Å². The molecule has 0 aromatic heterocycles. The van der Waals surface area contributed by atoms with Crippen LogP contribution in [-0.4, -0.2) is 51.3 Å². The molecular formula is C15H21ClN4O3. The van der Waals surface area contributed by atoms with Gasteiger partial charge >= 0.3 is 6.03 Å². The minimum absolute atomic E-state index is 0.0268. The van der Waals surface area contributed by atoms with Crippen LogP contribution >= 0.6 is 11.6 Å². The number of carbonyl (C=O) groups is 2. The lowest BCUT2D eigenvalue weighted by molar-refractivity contribution is -0.120. The highest BCUT2D eigenvalue weighted by molar-refractivity contribution is 6.33. The fourth-order valence-corrected chi connectivity index (χ4v) is 2.67. The van der Waals surface area contributed by atoms with Crippen molar-refractivity contribution < 1.29 is 14.3 Å². The number of urea groups is 1. The average Bonchev–Trinajstić information content (AvgIpc) is 2.47. The number of carbonyl (C=O) groups excluding carboxylic acids is 2. The minimum atomic E-state index is -0.323. The van der Waals surface area contributed by atoms with Crippen molar-refractivity contribution in [2.75, 3.05) is 43.6 Å². The van der Waals surface area contributed by atoms with E-state index in [0.717, 1.165) is 5.69 Å². The SMILES string of the molecule is COCC(C)NC(=O)Nc1ccc(N2CCNC(=O)C2)c(Cl)c1. The molecule has 0 aliphatic carbocycles. The van der Waals surface area contributed by atoms with E-state index in [1.807, 2.05) is 11.8 Å². The molecule has 2 rings (SSSR count). The molecule has 0 saturated carbocycles. The van der Waals surface area contributed by atoms with Gasteiger partial charge in [0, 0.05) is 25.9 Å². The van der Waals surface area contributed by atoms with Crippen LogP contribution in [-0.2, 0) is 9.53 Å². The van der Waals surface area contributed by atoms with E-state index < -0.39 is 0 Å². The van der Waals surface area contributed by atoms with Crippen molar-refractivity contribution in [3.05, 3.63) is 23.2 Å². The monoisotopic (exact) mass is 340 g/mol. The van der Waals surface area contributed by atoms with Crippen LogP contribution in [0.1, 0.15) is 6.92 Å². The molecule has 1 aromatic rings. The molecule has 3 N–H and O–H groups in total. The third kappa shape index (κ3) is 5.01. The first-order chi connectivity index (χ1) is 11.0. The molecule has 7 nitrogen and oxygen atoms in total. The van der Waals surface area contributed by atoms with Crippen LogP contribution in [0.5, 0.6) is 0 Å². The molecule has 1 heterocycles. The van der Waals surface area contributed by atoms with E-state index in [9.17, 15) is 9.59 Å². The molecule has 1 aliphatic heterocycles. The summed E-state index contributed by atoms with van der Waals surface area (Å²) in [5.74, 6) is -0.0268. The van der Waals surface area contributed by atoms with Gasteiger partial charge in [0.25, 0.3) is 0 Å². The van der Waals surface area contributed by atoms with Crippen LogP contribution in [0.25, 0.3) is 0 Å². The highest BCUT2D eigenvalue weighted by Crippen LogP contribution is 2.29. The topological polar surface area (TPSA) is 82.7 Å². The van der Waals surface area contributed by atoms with E-state index in [0.29, 0.717) is 30.4 Å². The number of benzene rings is 1. The second kappa shape index (κ2) is 8.03. The molecule has 0 spiro atoms. The summed E-state index contributed by atoms with van der Waals surface area (Å²) in [7, 11) is 1.58. The number of ether oxygens (including phenoxy) is 1. The Kier molecular flexibility index (Phi) is 6.06. The Morgan fingerprint density at radius 2 is 2.30 bits per heavy atom. The standard InChI is InChI=1S/C15H21ClN4O3/c1-10(9-23-2)18-15(22)19-11-3-4-13(12(16)7-11)20-6-5-17-14(21)8-20/h3-4,7,10H,5-6,8-9H2,1-2H3,(H,17,21)(H2,18,19,22). The number of rotatable bonds is 5. The van der Waals surface area contributed by atoms with Crippen molar-refractivity contribution >= 4 is 34.9 Å².